The molecule has 0 N–H and O–H groups in total. The van der Waals surface area contributed by atoms with Gasteiger partial charge in [-0.05, 0) is 38.6 Å². The zero-order valence-corrected chi connectivity index (χ0v) is 14.8. The number of nitrogens with zero attached hydrogens (tertiary/aromatic N) is 4. The Balaban J connectivity index is 1.58. The third-order valence-corrected chi connectivity index (χ3v) is 4.97. The van der Waals surface area contributed by atoms with E-state index in [0.717, 1.165) is 35.6 Å². The first kappa shape index (κ1) is 15.4. The van der Waals surface area contributed by atoms with Crippen molar-refractivity contribution in [3.63, 3.8) is 0 Å². The van der Waals surface area contributed by atoms with Crippen LogP contribution in [0.15, 0.2) is 35.1 Å². The quantitative estimate of drug-likeness (QED) is 0.837. The molecule has 2 heterocycles. The van der Waals surface area contributed by atoms with Gasteiger partial charge in [-0.2, -0.15) is 0 Å². The summed E-state index contributed by atoms with van der Waals surface area (Å²) >= 11 is 3.48. The summed E-state index contributed by atoms with van der Waals surface area (Å²) in [6.07, 6.45) is 1.66. The molecule has 0 amide bonds. The molecule has 0 aliphatic carbocycles. The second kappa shape index (κ2) is 6.34. The molecule has 1 aliphatic heterocycles. The summed E-state index contributed by atoms with van der Waals surface area (Å²) in [6, 6.07) is 9.13. The number of halogens is 1. The number of hydrogen-bond donors (Lipinski definition) is 0. The van der Waals surface area contributed by atoms with E-state index in [9.17, 15) is 0 Å². The summed E-state index contributed by atoms with van der Waals surface area (Å²) in [5.74, 6) is 1.08. The lowest BCUT2D eigenvalue weighted by atomic mass is 10.1. The lowest BCUT2D eigenvalue weighted by molar-refractivity contribution is 0.196. The molecule has 4 nitrogen and oxygen atoms in total. The standard InChI is InChI=1S/C17H21BrN4/c1-12-13(2)19-11-20-17(12)22-9-16(10-22)21(3)8-14-4-6-15(18)7-5-14/h4-7,11,16H,8-10H2,1-3H3. The minimum absolute atomic E-state index is 0.582. The van der Waals surface area contributed by atoms with Gasteiger partial charge in [0.05, 0.1) is 0 Å². The Morgan fingerprint density at radius 3 is 2.55 bits per heavy atom. The van der Waals surface area contributed by atoms with Gasteiger partial charge in [-0.15, -0.1) is 0 Å². The van der Waals surface area contributed by atoms with Crippen molar-refractivity contribution in [2.24, 2.45) is 0 Å². The van der Waals surface area contributed by atoms with Crippen LogP contribution in [-0.2, 0) is 6.54 Å². The largest absolute Gasteiger partial charge is 0.353 e. The number of aromatic nitrogens is 2. The molecule has 0 radical (unpaired) electrons. The highest BCUT2D eigenvalue weighted by Gasteiger charge is 2.31. The molecule has 0 spiro atoms. The fourth-order valence-corrected chi connectivity index (χ4v) is 3.02. The fourth-order valence-electron chi connectivity index (χ4n) is 2.76. The van der Waals surface area contributed by atoms with Crippen molar-refractivity contribution in [2.75, 3.05) is 25.0 Å². The van der Waals surface area contributed by atoms with Crippen molar-refractivity contribution in [3.05, 3.63) is 51.9 Å². The average Bonchev–Trinajstić information content (AvgIpc) is 2.44. The molecule has 2 aromatic rings. The summed E-state index contributed by atoms with van der Waals surface area (Å²) in [4.78, 5) is 13.4. The molecular weight excluding hydrogens is 340 g/mol. The average molecular weight is 361 g/mol. The smallest absolute Gasteiger partial charge is 0.135 e. The highest BCUT2D eigenvalue weighted by Crippen LogP contribution is 2.26. The molecule has 1 aromatic heterocycles. The highest BCUT2D eigenvalue weighted by atomic mass is 79.9. The maximum atomic E-state index is 4.44. The summed E-state index contributed by atoms with van der Waals surface area (Å²) < 4.78 is 1.13. The Hall–Kier alpha value is -1.46. The first-order chi connectivity index (χ1) is 10.5. The molecule has 0 bridgehead atoms. The Kier molecular flexibility index (Phi) is 4.45. The summed E-state index contributed by atoms with van der Waals surface area (Å²) in [7, 11) is 2.20. The van der Waals surface area contributed by atoms with E-state index in [0.29, 0.717) is 6.04 Å². The third kappa shape index (κ3) is 3.15. The van der Waals surface area contributed by atoms with Crippen LogP contribution in [-0.4, -0.2) is 41.0 Å². The molecule has 0 atom stereocenters. The van der Waals surface area contributed by atoms with Gasteiger partial charge < -0.3 is 4.90 Å². The van der Waals surface area contributed by atoms with Crippen molar-refractivity contribution >= 4 is 21.7 Å². The zero-order valence-electron chi connectivity index (χ0n) is 13.3. The van der Waals surface area contributed by atoms with Gasteiger partial charge in [-0.25, -0.2) is 9.97 Å². The van der Waals surface area contributed by atoms with Crippen LogP contribution in [0.5, 0.6) is 0 Å². The van der Waals surface area contributed by atoms with Crippen LogP contribution in [0.3, 0.4) is 0 Å². The molecule has 1 aliphatic rings. The van der Waals surface area contributed by atoms with Gasteiger partial charge in [0.25, 0.3) is 0 Å². The molecule has 3 rings (SSSR count). The van der Waals surface area contributed by atoms with Crippen molar-refractivity contribution in [2.45, 2.75) is 26.4 Å². The Morgan fingerprint density at radius 1 is 1.18 bits per heavy atom. The minimum Gasteiger partial charge on any atom is -0.353 e. The second-order valence-corrected chi connectivity index (χ2v) is 6.92. The Labute approximate surface area is 140 Å². The fraction of sp³-hybridized carbons (Fsp3) is 0.412. The molecule has 1 aromatic carbocycles. The van der Waals surface area contributed by atoms with E-state index in [2.05, 4.69) is 73.9 Å². The molecule has 1 saturated heterocycles. The number of likely N-dealkylation sites (N-methyl/N-ethyl adjacent to an activating group) is 1. The van der Waals surface area contributed by atoms with Crippen LogP contribution >= 0.6 is 15.9 Å². The third-order valence-electron chi connectivity index (χ3n) is 4.44. The van der Waals surface area contributed by atoms with Crippen LogP contribution in [0.25, 0.3) is 0 Å². The zero-order chi connectivity index (χ0) is 15.7. The molecule has 5 heteroatoms. The predicted molar refractivity (Wildman–Crippen MR) is 93.1 cm³/mol. The molecular formula is C17H21BrN4. The first-order valence-corrected chi connectivity index (χ1v) is 8.31. The monoisotopic (exact) mass is 360 g/mol. The van der Waals surface area contributed by atoms with Gasteiger partial charge in [0.15, 0.2) is 0 Å². The lowest BCUT2D eigenvalue weighted by Crippen LogP contribution is -2.58. The molecule has 22 heavy (non-hydrogen) atoms. The van der Waals surface area contributed by atoms with Crippen LogP contribution in [0.1, 0.15) is 16.8 Å². The van der Waals surface area contributed by atoms with Crippen molar-refractivity contribution < 1.29 is 0 Å². The Bertz CT molecular complexity index is 650. The maximum absolute atomic E-state index is 4.44. The van der Waals surface area contributed by atoms with Crippen molar-refractivity contribution in [1.29, 1.82) is 0 Å². The van der Waals surface area contributed by atoms with Gasteiger partial charge in [0.1, 0.15) is 12.1 Å². The first-order valence-electron chi connectivity index (χ1n) is 7.52. The van der Waals surface area contributed by atoms with Gasteiger partial charge in [-0.1, -0.05) is 28.1 Å². The van der Waals surface area contributed by atoms with Gasteiger partial charge in [0.2, 0.25) is 0 Å². The van der Waals surface area contributed by atoms with Crippen LogP contribution in [0, 0.1) is 13.8 Å². The molecule has 116 valence electrons. The molecule has 1 fully saturated rings. The number of hydrogen-bond acceptors (Lipinski definition) is 4. The van der Waals surface area contributed by atoms with E-state index in [1.807, 2.05) is 6.92 Å². The van der Waals surface area contributed by atoms with E-state index in [4.69, 9.17) is 0 Å². The van der Waals surface area contributed by atoms with Crippen LogP contribution < -0.4 is 4.90 Å². The van der Waals surface area contributed by atoms with E-state index in [-0.39, 0.29) is 0 Å². The van der Waals surface area contributed by atoms with Crippen molar-refractivity contribution in [1.82, 2.24) is 14.9 Å². The van der Waals surface area contributed by atoms with Gasteiger partial charge >= 0.3 is 0 Å². The maximum Gasteiger partial charge on any atom is 0.135 e. The summed E-state index contributed by atoms with van der Waals surface area (Å²) in [6.45, 7) is 7.18. The number of rotatable bonds is 4. The van der Waals surface area contributed by atoms with Gasteiger partial charge in [0, 0.05) is 41.4 Å². The number of aryl methyl sites for hydroxylation is 1. The van der Waals surface area contributed by atoms with E-state index in [1.54, 1.807) is 6.33 Å². The number of anilines is 1. The summed E-state index contributed by atoms with van der Waals surface area (Å²) in [5, 5.41) is 0. The molecule has 0 unspecified atom stereocenters. The van der Waals surface area contributed by atoms with E-state index < -0.39 is 0 Å². The minimum atomic E-state index is 0.582. The van der Waals surface area contributed by atoms with E-state index >= 15 is 0 Å². The lowest BCUT2D eigenvalue weighted by Gasteiger charge is -2.45. The van der Waals surface area contributed by atoms with Crippen LogP contribution in [0.4, 0.5) is 5.82 Å². The molecule has 0 saturated carbocycles. The topological polar surface area (TPSA) is 32.3 Å². The number of benzene rings is 1. The highest BCUT2D eigenvalue weighted by molar-refractivity contribution is 9.10. The van der Waals surface area contributed by atoms with Crippen molar-refractivity contribution in [3.8, 4) is 0 Å². The normalized spacial score (nSPS) is 15.2. The van der Waals surface area contributed by atoms with Crippen LogP contribution in [0.2, 0.25) is 0 Å². The second-order valence-electron chi connectivity index (χ2n) is 6.01. The van der Waals surface area contributed by atoms with Gasteiger partial charge in [-0.3, -0.25) is 4.90 Å². The van der Waals surface area contributed by atoms with E-state index in [1.165, 1.54) is 11.1 Å². The summed E-state index contributed by atoms with van der Waals surface area (Å²) in [5.41, 5.74) is 3.60. The Morgan fingerprint density at radius 2 is 1.86 bits per heavy atom. The SMILES string of the molecule is Cc1ncnc(N2CC(N(C)Cc3ccc(Br)cc3)C2)c1C. The predicted octanol–water partition coefficient (Wildman–Crippen LogP) is 3.18.